The Morgan fingerprint density at radius 3 is 3.05 bits per heavy atom. The van der Waals surface area contributed by atoms with Crippen LogP contribution in [-0.4, -0.2) is 30.3 Å². The molecule has 19 heavy (non-hydrogen) atoms. The predicted molar refractivity (Wildman–Crippen MR) is 75.4 cm³/mol. The fraction of sp³-hybridized carbons (Fsp3) is 0.385. The molecule has 0 saturated carbocycles. The monoisotopic (exact) mass is 280 g/mol. The van der Waals surface area contributed by atoms with Crippen molar-refractivity contribution in [1.29, 1.82) is 0 Å². The van der Waals surface area contributed by atoms with E-state index in [0.717, 1.165) is 10.2 Å². The molecule has 1 unspecified atom stereocenters. The molecule has 0 amide bonds. The Labute approximate surface area is 115 Å². The van der Waals surface area contributed by atoms with Gasteiger partial charge in [0.1, 0.15) is 6.10 Å². The minimum Gasteiger partial charge on any atom is -0.457 e. The van der Waals surface area contributed by atoms with Crippen molar-refractivity contribution in [2.45, 2.75) is 20.0 Å². The molecule has 0 fully saturated rings. The summed E-state index contributed by atoms with van der Waals surface area (Å²) in [6.45, 7) is 4.71. The fourth-order valence-corrected chi connectivity index (χ4v) is 2.41. The van der Waals surface area contributed by atoms with Gasteiger partial charge in [-0.05, 0) is 32.0 Å². The molecule has 1 aromatic carbocycles. The van der Waals surface area contributed by atoms with Gasteiger partial charge in [0, 0.05) is 6.61 Å². The molecular formula is C13H16N2O3S. The fourth-order valence-electron chi connectivity index (χ4n) is 1.64. The molecule has 2 aromatic rings. The van der Waals surface area contributed by atoms with Gasteiger partial charge in [-0.3, -0.25) is 0 Å². The van der Waals surface area contributed by atoms with Gasteiger partial charge < -0.3 is 15.2 Å². The predicted octanol–water partition coefficient (Wildman–Crippen LogP) is 2.46. The van der Waals surface area contributed by atoms with Gasteiger partial charge in [0.05, 0.1) is 22.4 Å². The highest BCUT2D eigenvalue weighted by Gasteiger charge is 2.13. The van der Waals surface area contributed by atoms with E-state index in [4.69, 9.17) is 15.2 Å². The van der Waals surface area contributed by atoms with E-state index in [9.17, 15) is 4.79 Å². The molecule has 0 aliphatic rings. The van der Waals surface area contributed by atoms with Crippen LogP contribution in [0, 0.1) is 0 Å². The number of thiazole rings is 1. The molecule has 0 spiro atoms. The van der Waals surface area contributed by atoms with Gasteiger partial charge in [0.15, 0.2) is 5.13 Å². The zero-order valence-corrected chi connectivity index (χ0v) is 11.7. The Bertz CT molecular complexity index is 582. The van der Waals surface area contributed by atoms with Gasteiger partial charge >= 0.3 is 5.97 Å². The number of rotatable bonds is 5. The Morgan fingerprint density at radius 1 is 1.53 bits per heavy atom. The van der Waals surface area contributed by atoms with Crippen LogP contribution in [0.25, 0.3) is 10.2 Å². The summed E-state index contributed by atoms with van der Waals surface area (Å²) in [6, 6.07) is 5.21. The third-order valence-electron chi connectivity index (χ3n) is 2.51. The third kappa shape index (κ3) is 3.42. The van der Waals surface area contributed by atoms with Crippen LogP contribution in [0.2, 0.25) is 0 Å². The zero-order chi connectivity index (χ0) is 13.8. The lowest BCUT2D eigenvalue weighted by molar-refractivity contribution is 0.00441. The lowest BCUT2D eigenvalue weighted by Crippen LogP contribution is -2.20. The first-order valence-electron chi connectivity index (χ1n) is 6.05. The van der Waals surface area contributed by atoms with Crippen LogP contribution in [-0.2, 0) is 9.47 Å². The Balaban J connectivity index is 2.08. The highest BCUT2D eigenvalue weighted by molar-refractivity contribution is 7.22. The molecule has 1 aromatic heterocycles. The second-order valence-electron chi connectivity index (χ2n) is 4.11. The molecule has 0 saturated heterocycles. The number of nitrogens with two attached hydrogens (primary N) is 1. The van der Waals surface area contributed by atoms with Gasteiger partial charge in [-0.1, -0.05) is 11.3 Å². The summed E-state index contributed by atoms with van der Waals surface area (Å²) in [4.78, 5) is 16.1. The third-order valence-corrected chi connectivity index (χ3v) is 3.35. The normalized spacial score (nSPS) is 12.5. The van der Waals surface area contributed by atoms with Crippen molar-refractivity contribution in [3.05, 3.63) is 23.8 Å². The topological polar surface area (TPSA) is 74.4 Å². The van der Waals surface area contributed by atoms with Crippen LogP contribution < -0.4 is 5.73 Å². The lowest BCUT2D eigenvalue weighted by Gasteiger charge is -2.12. The van der Waals surface area contributed by atoms with Crippen molar-refractivity contribution >= 4 is 32.7 Å². The number of carbonyl (C=O) groups is 1. The number of fused-ring (bicyclic) bond motifs is 1. The summed E-state index contributed by atoms with van der Waals surface area (Å²) in [7, 11) is 0. The number of nitrogens with zero attached hydrogens (tertiary/aromatic N) is 1. The van der Waals surface area contributed by atoms with Crippen LogP contribution in [0.5, 0.6) is 0 Å². The number of anilines is 1. The molecule has 1 heterocycles. The maximum atomic E-state index is 11.9. The maximum Gasteiger partial charge on any atom is 0.338 e. The largest absolute Gasteiger partial charge is 0.457 e. The number of nitrogen functional groups attached to an aromatic ring is 1. The van der Waals surface area contributed by atoms with Crippen molar-refractivity contribution in [2.75, 3.05) is 18.9 Å². The maximum absolute atomic E-state index is 11.9. The second-order valence-corrected chi connectivity index (χ2v) is 5.17. The Kier molecular flexibility index (Phi) is 4.34. The van der Waals surface area contributed by atoms with E-state index >= 15 is 0 Å². The summed E-state index contributed by atoms with van der Waals surface area (Å²) < 4.78 is 11.4. The molecule has 102 valence electrons. The number of hydrogen-bond donors (Lipinski definition) is 1. The standard InChI is InChI=1S/C13H16N2O3S/c1-3-17-7-8(2)18-12(16)9-4-5-10-11(6-9)19-13(14)15-10/h4-6,8H,3,7H2,1-2H3,(H2,14,15). The molecule has 0 aliphatic heterocycles. The molecule has 5 nitrogen and oxygen atoms in total. The molecule has 0 radical (unpaired) electrons. The van der Waals surface area contributed by atoms with Crippen molar-refractivity contribution in [2.24, 2.45) is 0 Å². The van der Waals surface area contributed by atoms with Crippen molar-refractivity contribution in [3.63, 3.8) is 0 Å². The molecule has 0 aliphatic carbocycles. The average Bonchev–Trinajstić information content (AvgIpc) is 2.75. The van der Waals surface area contributed by atoms with Gasteiger partial charge in [0.2, 0.25) is 0 Å². The molecule has 6 heteroatoms. The van der Waals surface area contributed by atoms with Crippen LogP contribution in [0.15, 0.2) is 18.2 Å². The average molecular weight is 280 g/mol. The summed E-state index contributed by atoms with van der Waals surface area (Å²) in [5.41, 5.74) is 6.92. The minimum absolute atomic E-state index is 0.269. The van der Waals surface area contributed by atoms with E-state index in [1.54, 1.807) is 25.1 Å². The summed E-state index contributed by atoms with van der Waals surface area (Å²) >= 11 is 1.35. The summed E-state index contributed by atoms with van der Waals surface area (Å²) in [5, 5.41) is 0.491. The first-order valence-corrected chi connectivity index (χ1v) is 6.86. The van der Waals surface area contributed by atoms with E-state index in [2.05, 4.69) is 4.98 Å². The van der Waals surface area contributed by atoms with Crippen LogP contribution in [0.3, 0.4) is 0 Å². The number of benzene rings is 1. The van der Waals surface area contributed by atoms with Crippen molar-refractivity contribution < 1.29 is 14.3 Å². The molecular weight excluding hydrogens is 264 g/mol. The second kappa shape index (κ2) is 5.99. The molecule has 1 atom stereocenters. The summed E-state index contributed by atoms with van der Waals surface area (Å²) in [6.07, 6.45) is -0.269. The number of ether oxygens (including phenoxy) is 2. The van der Waals surface area contributed by atoms with Gasteiger partial charge in [0.25, 0.3) is 0 Å². The molecule has 0 bridgehead atoms. The minimum atomic E-state index is -0.360. The van der Waals surface area contributed by atoms with E-state index in [0.29, 0.717) is 23.9 Å². The number of carbonyl (C=O) groups excluding carboxylic acids is 1. The highest BCUT2D eigenvalue weighted by atomic mass is 32.1. The Hall–Kier alpha value is -1.66. The van der Waals surface area contributed by atoms with E-state index in [1.807, 2.05) is 6.92 Å². The molecule has 2 rings (SSSR count). The quantitative estimate of drug-likeness (QED) is 0.851. The van der Waals surface area contributed by atoms with Gasteiger partial charge in [-0.2, -0.15) is 0 Å². The van der Waals surface area contributed by atoms with E-state index in [1.165, 1.54) is 11.3 Å². The highest BCUT2D eigenvalue weighted by Crippen LogP contribution is 2.24. The van der Waals surface area contributed by atoms with Crippen LogP contribution >= 0.6 is 11.3 Å². The number of aromatic nitrogens is 1. The first kappa shape index (κ1) is 13.8. The lowest BCUT2D eigenvalue weighted by atomic mass is 10.2. The van der Waals surface area contributed by atoms with Crippen LogP contribution in [0.4, 0.5) is 5.13 Å². The Morgan fingerprint density at radius 2 is 2.32 bits per heavy atom. The van der Waals surface area contributed by atoms with Gasteiger partial charge in [-0.15, -0.1) is 0 Å². The van der Waals surface area contributed by atoms with Crippen molar-refractivity contribution in [3.8, 4) is 0 Å². The molecule has 2 N–H and O–H groups in total. The van der Waals surface area contributed by atoms with Crippen LogP contribution in [0.1, 0.15) is 24.2 Å². The summed E-state index contributed by atoms with van der Waals surface area (Å²) in [5.74, 6) is -0.360. The van der Waals surface area contributed by atoms with E-state index < -0.39 is 0 Å². The van der Waals surface area contributed by atoms with E-state index in [-0.39, 0.29) is 12.1 Å². The smallest absolute Gasteiger partial charge is 0.338 e. The SMILES string of the molecule is CCOCC(C)OC(=O)c1ccc2nc(N)sc2c1. The number of esters is 1. The zero-order valence-electron chi connectivity index (χ0n) is 10.9. The first-order chi connectivity index (χ1) is 9.10. The number of hydrogen-bond acceptors (Lipinski definition) is 6. The van der Waals surface area contributed by atoms with Crippen molar-refractivity contribution in [1.82, 2.24) is 4.98 Å². The van der Waals surface area contributed by atoms with Gasteiger partial charge in [-0.25, -0.2) is 9.78 Å².